The molecule has 5 heteroatoms. The molecule has 1 saturated heterocycles. The molecule has 0 radical (unpaired) electrons. The monoisotopic (exact) mass is 184 g/mol. The molecule has 2 rings (SSSR count). The van der Waals surface area contributed by atoms with Gasteiger partial charge in [-0.2, -0.15) is 0 Å². The molecule has 2 fully saturated rings. The van der Waals surface area contributed by atoms with Gasteiger partial charge in [0, 0.05) is 19.0 Å². The molecule has 1 heterocycles. The summed E-state index contributed by atoms with van der Waals surface area (Å²) in [4.78, 5) is 23.4. The molecule has 2 amide bonds. The van der Waals surface area contributed by atoms with E-state index in [1.54, 1.807) is 4.90 Å². The van der Waals surface area contributed by atoms with Crippen LogP contribution < -0.4 is 5.32 Å². The van der Waals surface area contributed by atoms with Crippen LogP contribution in [-0.2, 0) is 4.79 Å². The molecule has 0 spiro atoms. The van der Waals surface area contributed by atoms with Gasteiger partial charge in [-0.15, -0.1) is 0 Å². The fraction of sp³-hybridized carbons (Fsp3) is 0.750. The van der Waals surface area contributed by atoms with Crippen LogP contribution in [0.25, 0.3) is 0 Å². The van der Waals surface area contributed by atoms with E-state index in [1.165, 1.54) is 0 Å². The van der Waals surface area contributed by atoms with Crippen molar-refractivity contribution in [1.82, 2.24) is 10.2 Å². The second-order valence-electron chi connectivity index (χ2n) is 3.63. The van der Waals surface area contributed by atoms with Gasteiger partial charge >= 0.3 is 6.09 Å². The molecule has 1 unspecified atom stereocenters. The Morgan fingerprint density at radius 3 is 2.77 bits per heavy atom. The van der Waals surface area contributed by atoms with E-state index in [4.69, 9.17) is 5.11 Å². The summed E-state index contributed by atoms with van der Waals surface area (Å²) in [5.41, 5.74) is 0. The van der Waals surface area contributed by atoms with Crippen molar-refractivity contribution in [2.24, 2.45) is 0 Å². The molecule has 2 N–H and O–H groups in total. The Balaban J connectivity index is 1.90. The first-order valence-electron chi connectivity index (χ1n) is 4.46. The number of amides is 2. The Morgan fingerprint density at radius 2 is 2.23 bits per heavy atom. The summed E-state index contributed by atoms with van der Waals surface area (Å²) in [6.45, 7) is 0.551. The molecule has 5 nitrogen and oxygen atoms in total. The highest BCUT2D eigenvalue weighted by molar-refractivity contribution is 5.81. The smallest absolute Gasteiger partial charge is 0.404 e. The minimum Gasteiger partial charge on any atom is -0.465 e. The molecule has 0 bridgehead atoms. The molecule has 1 aliphatic carbocycles. The molecule has 2 aliphatic rings. The normalized spacial score (nSPS) is 27.8. The Labute approximate surface area is 75.7 Å². The lowest BCUT2D eigenvalue weighted by molar-refractivity contribution is -0.128. The topological polar surface area (TPSA) is 69.6 Å². The Hall–Kier alpha value is -1.26. The van der Waals surface area contributed by atoms with Gasteiger partial charge in [-0.05, 0) is 12.8 Å². The van der Waals surface area contributed by atoms with Crippen LogP contribution >= 0.6 is 0 Å². The predicted octanol–water partition coefficient (Wildman–Crippen LogP) is 0.0173. The zero-order valence-corrected chi connectivity index (χ0v) is 7.19. The minimum absolute atomic E-state index is 0.0845. The van der Waals surface area contributed by atoms with Crippen molar-refractivity contribution >= 4 is 12.0 Å². The minimum atomic E-state index is -1.05. The van der Waals surface area contributed by atoms with E-state index >= 15 is 0 Å². The molecular formula is C8H12N2O3. The number of hydrogen-bond donors (Lipinski definition) is 2. The maximum absolute atomic E-state index is 11.3. The van der Waals surface area contributed by atoms with Gasteiger partial charge in [-0.1, -0.05) is 0 Å². The van der Waals surface area contributed by atoms with Crippen LogP contribution in [0.2, 0.25) is 0 Å². The number of rotatable bonds is 2. The third-order valence-corrected chi connectivity index (χ3v) is 2.47. The van der Waals surface area contributed by atoms with Crippen molar-refractivity contribution in [2.45, 2.75) is 31.3 Å². The second-order valence-corrected chi connectivity index (χ2v) is 3.63. The summed E-state index contributed by atoms with van der Waals surface area (Å²) >= 11 is 0. The number of likely N-dealkylation sites (tertiary alicyclic amines) is 1. The fourth-order valence-electron chi connectivity index (χ4n) is 1.74. The van der Waals surface area contributed by atoms with E-state index in [0.717, 1.165) is 12.8 Å². The van der Waals surface area contributed by atoms with E-state index in [2.05, 4.69) is 5.32 Å². The SMILES string of the molecule is O=C(O)NC1CC(=O)N(C2CC2)C1. The van der Waals surface area contributed by atoms with Crippen molar-refractivity contribution in [3.05, 3.63) is 0 Å². The van der Waals surface area contributed by atoms with Gasteiger partial charge < -0.3 is 15.3 Å². The van der Waals surface area contributed by atoms with Crippen molar-refractivity contribution in [2.75, 3.05) is 6.54 Å². The Morgan fingerprint density at radius 1 is 1.54 bits per heavy atom. The molecular weight excluding hydrogens is 172 g/mol. The summed E-state index contributed by atoms with van der Waals surface area (Å²) in [6.07, 6.45) is 1.43. The Bertz CT molecular complexity index is 250. The van der Waals surface area contributed by atoms with Crippen LogP contribution in [0.5, 0.6) is 0 Å². The molecule has 72 valence electrons. The highest BCUT2D eigenvalue weighted by Crippen LogP contribution is 2.30. The largest absolute Gasteiger partial charge is 0.465 e. The van der Waals surface area contributed by atoms with Crippen LogP contribution in [0.15, 0.2) is 0 Å². The van der Waals surface area contributed by atoms with Crippen LogP contribution in [0, 0.1) is 0 Å². The average Bonchev–Trinajstić information content (AvgIpc) is 2.77. The first kappa shape index (κ1) is 8.34. The maximum Gasteiger partial charge on any atom is 0.404 e. The highest BCUT2D eigenvalue weighted by Gasteiger charge is 2.39. The fourth-order valence-corrected chi connectivity index (χ4v) is 1.74. The van der Waals surface area contributed by atoms with Crippen LogP contribution in [0.4, 0.5) is 4.79 Å². The molecule has 13 heavy (non-hydrogen) atoms. The lowest BCUT2D eigenvalue weighted by Gasteiger charge is -2.14. The van der Waals surface area contributed by atoms with E-state index in [0.29, 0.717) is 19.0 Å². The summed E-state index contributed by atoms with van der Waals surface area (Å²) in [7, 11) is 0. The van der Waals surface area contributed by atoms with E-state index in [1.807, 2.05) is 0 Å². The number of carbonyl (C=O) groups excluding carboxylic acids is 1. The van der Waals surface area contributed by atoms with Crippen molar-refractivity contribution < 1.29 is 14.7 Å². The number of carboxylic acid groups (broad SMARTS) is 1. The van der Waals surface area contributed by atoms with E-state index < -0.39 is 6.09 Å². The molecule has 0 aromatic heterocycles. The third-order valence-electron chi connectivity index (χ3n) is 2.47. The van der Waals surface area contributed by atoms with Gasteiger partial charge in [0.1, 0.15) is 0 Å². The third kappa shape index (κ3) is 1.74. The second kappa shape index (κ2) is 2.90. The van der Waals surface area contributed by atoms with Crippen LogP contribution in [-0.4, -0.2) is 40.6 Å². The lowest BCUT2D eigenvalue weighted by Crippen LogP contribution is -2.36. The van der Waals surface area contributed by atoms with Gasteiger partial charge in [-0.3, -0.25) is 4.79 Å². The number of nitrogens with one attached hydrogen (secondary N) is 1. The Kier molecular flexibility index (Phi) is 1.86. The van der Waals surface area contributed by atoms with E-state index in [-0.39, 0.29) is 11.9 Å². The number of hydrogen-bond acceptors (Lipinski definition) is 2. The quantitative estimate of drug-likeness (QED) is 0.635. The number of carbonyl (C=O) groups is 2. The summed E-state index contributed by atoms with van der Waals surface area (Å²) in [5.74, 6) is 0.0845. The number of nitrogens with zero attached hydrogens (tertiary/aromatic N) is 1. The van der Waals surface area contributed by atoms with Crippen molar-refractivity contribution in [3.8, 4) is 0 Å². The van der Waals surface area contributed by atoms with Gasteiger partial charge in [-0.25, -0.2) is 4.79 Å². The van der Waals surface area contributed by atoms with Crippen molar-refractivity contribution in [3.63, 3.8) is 0 Å². The molecule has 1 saturated carbocycles. The summed E-state index contributed by atoms with van der Waals surface area (Å²) in [5, 5.41) is 10.8. The van der Waals surface area contributed by atoms with Crippen molar-refractivity contribution in [1.29, 1.82) is 0 Å². The summed E-state index contributed by atoms with van der Waals surface area (Å²) < 4.78 is 0. The van der Waals surface area contributed by atoms with Gasteiger partial charge in [0.25, 0.3) is 0 Å². The van der Waals surface area contributed by atoms with Gasteiger partial charge in [0.15, 0.2) is 0 Å². The van der Waals surface area contributed by atoms with Crippen LogP contribution in [0.3, 0.4) is 0 Å². The standard InChI is InChI=1S/C8H12N2O3/c11-7-3-5(9-8(12)13)4-10(7)6-1-2-6/h5-6,9H,1-4H2,(H,12,13). The highest BCUT2D eigenvalue weighted by atomic mass is 16.4. The molecule has 0 aromatic carbocycles. The van der Waals surface area contributed by atoms with Crippen LogP contribution in [0.1, 0.15) is 19.3 Å². The first-order valence-corrected chi connectivity index (χ1v) is 4.46. The molecule has 1 aliphatic heterocycles. The lowest BCUT2D eigenvalue weighted by atomic mass is 10.3. The van der Waals surface area contributed by atoms with Gasteiger partial charge in [0.05, 0.1) is 6.04 Å². The average molecular weight is 184 g/mol. The van der Waals surface area contributed by atoms with E-state index in [9.17, 15) is 9.59 Å². The predicted molar refractivity (Wildman–Crippen MR) is 44.3 cm³/mol. The zero-order chi connectivity index (χ0) is 9.42. The molecule has 0 aromatic rings. The molecule has 1 atom stereocenters. The zero-order valence-electron chi connectivity index (χ0n) is 7.19. The summed E-state index contributed by atoms with van der Waals surface area (Å²) in [6, 6.07) is 0.193. The maximum atomic E-state index is 11.3. The van der Waals surface area contributed by atoms with Gasteiger partial charge in [0.2, 0.25) is 5.91 Å². The first-order chi connectivity index (χ1) is 6.16.